The number of nitrogens with zero attached hydrogens (tertiary/aromatic N) is 3. The number of carbonyl (C=O) groups is 1. The van der Waals surface area contributed by atoms with Crippen LogP contribution in [0.2, 0.25) is 0 Å². The lowest BCUT2D eigenvalue weighted by Crippen LogP contribution is -2.39. The Morgan fingerprint density at radius 2 is 2.03 bits per heavy atom. The molecular formula is C22H31FN6O. The number of anilines is 2. The molecule has 4 rings (SSSR count). The van der Waals surface area contributed by atoms with E-state index in [-0.39, 0.29) is 17.8 Å². The Balaban J connectivity index is 1.47. The third-order valence-corrected chi connectivity index (χ3v) is 6.10. The molecule has 3 heterocycles. The van der Waals surface area contributed by atoms with Crippen LogP contribution in [0.4, 0.5) is 15.8 Å². The smallest absolute Gasteiger partial charge is 0.242 e. The summed E-state index contributed by atoms with van der Waals surface area (Å²) >= 11 is 0. The van der Waals surface area contributed by atoms with Crippen LogP contribution in [-0.2, 0) is 11.3 Å². The summed E-state index contributed by atoms with van der Waals surface area (Å²) in [7, 11) is 0. The molecule has 2 fully saturated rings. The van der Waals surface area contributed by atoms with Crippen molar-refractivity contribution < 1.29 is 9.18 Å². The van der Waals surface area contributed by atoms with Gasteiger partial charge in [0.25, 0.3) is 0 Å². The van der Waals surface area contributed by atoms with E-state index in [1.54, 1.807) is 6.07 Å². The van der Waals surface area contributed by atoms with Crippen molar-refractivity contribution in [2.45, 2.75) is 65.1 Å². The number of benzene rings is 1. The third kappa shape index (κ3) is 4.06. The zero-order valence-electron chi connectivity index (χ0n) is 18.0. The molecule has 2 atom stereocenters. The molecule has 0 aliphatic carbocycles. The molecule has 7 nitrogen and oxygen atoms in total. The maximum Gasteiger partial charge on any atom is 0.242 e. The summed E-state index contributed by atoms with van der Waals surface area (Å²) in [4.78, 5) is 15.2. The molecule has 2 aliphatic rings. The minimum atomic E-state index is -0.405. The van der Waals surface area contributed by atoms with Gasteiger partial charge in [0.2, 0.25) is 5.91 Å². The molecule has 1 amide bonds. The molecule has 0 saturated carbocycles. The van der Waals surface area contributed by atoms with Gasteiger partial charge in [-0.15, -0.1) is 0 Å². The quantitative estimate of drug-likeness (QED) is 0.677. The van der Waals surface area contributed by atoms with Crippen molar-refractivity contribution in [2.75, 3.05) is 23.3 Å². The van der Waals surface area contributed by atoms with E-state index >= 15 is 0 Å². The zero-order valence-corrected chi connectivity index (χ0v) is 18.0. The Morgan fingerprint density at radius 3 is 2.77 bits per heavy atom. The van der Waals surface area contributed by atoms with Crippen LogP contribution in [0.5, 0.6) is 0 Å². The molecule has 0 bridgehead atoms. The molecule has 0 spiro atoms. The summed E-state index contributed by atoms with van der Waals surface area (Å²) in [5.74, 6) is -0.509. The van der Waals surface area contributed by atoms with E-state index in [9.17, 15) is 9.18 Å². The van der Waals surface area contributed by atoms with E-state index in [1.807, 2.05) is 11.6 Å². The van der Waals surface area contributed by atoms with Crippen molar-refractivity contribution in [3.8, 4) is 0 Å². The predicted molar refractivity (Wildman–Crippen MR) is 116 cm³/mol. The average molecular weight is 415 g/mol. The minimum Gasteiger partial charge on any atom is -0.370 e. The van der Waals surface area contributed by atoms with Gasteiger partial charge in [0.05, 0.1) is 23.1 Å². The van der Waals surface area contributed by atoms with Gasteiger partial charge in [-0.1, -0.05) is 6.92 Å². The standard InChI is InChI=1S/C22H31FN6O/c1-4-9-29-15(3)21(14(2)27-29)18-13-19(26-25-18)22(30)24-17-12-16(23)7-8-20(17)28-10-5-6-11-28/h7-8,12,18-19,25-26H,4-6,9-11,13H2,1-3H3,(H,24,30). The largest absolute Gasteiger partial charge is 0.370 e. The fourth-order valence-corrected chi connectivity index (χ4v) is 4.62. The molecule has 2 unspecified atom stereocenters. The second kappa shape index (κ2) is 8.73. The molecule has 1 aromatic carbocycles. The van der Waals surface area contributed by atoms with Gasteiger partial charge in [0.15, 0.2) is 0 Å². The maximum atomic E-state index is 13.9. The number of rotatable bonds is 6. The highest BCUT2D eigenvalue weighted by Gasteiger charge is 2.33. The number of carbonyl (C=O) groups excluding carboxylic acids is 1. The number of halogens is 1. The number of hydrogen-bond acceptors (Lipinski definition) is 5. The van der Waals surface area contributed by atoms with Crippen LogP contribution in [0.25, 0.3) is 0 Å². The number of nitrogens with one attached hydrogen (secondary N) is 3. The van der Waals surface area contributed by atoms with Crippen molar-refractivity contribution >= 4 is 17.3 Å². The van der Waals surface area contributed by atoms with Gasteiger partial charge >= 0.3 is 0 Å². The Bertz CT molecular complexity index is 921. The highest BCUT2D eigenvalue weighted by Crippen LogP contribution is 2.32. The van der Waals surface area contributed by atoms with E-state index in [4.69, 9.17) is 0 Å². The molecule has 1 aromatic heterocycles. The number of aryl methyl sites for hydroxylation is 2. The number of amides is 1. The van der Waals surface area contributed by atoms with E-state index in [2.05, 4.69) is 40.0 Å². The molecule has 2 saturated heterocycles. The van der Waals surface area contributed by atoms with Gasteiger partial charge in [-0.2, -0.15) is 5.10 Å². The summed E-state index contributed by atoms with van der Waals surface area (Å²) in [6.45, 7) is 8.97. The van der Waals surface area contributed by atoms with E-state index in [0.717, 1.165) is 61.5 Å². The summed E-state index contributed by atoms with van der Waals surface area (Å²) in [5.41, 5.74) is 11.1. The molecule has 2 aromatic rings. The molecule has 30 heavy (non-hydrogen) atoms. The molecule has 162 valence electrons. The van der Waals surface area contributed by atoms with Crippen LogP contribution in [0.3, 0.4) is 0 Å². The Hall–Kier alpha value is -2.45. The summed E-state index contributed by atoms with van der Waals surface area (Å²) in [5, 5.41) is 7.60. The number of hydrogen-bond donors (Lipinski definition) is 3. The maximum absolute atomic E-state index is 13.9. The van der Waals surface area contributed by atoms with Crippen molar-refractivity contribution in [1.82, 2.24) is 20.6 Å². The summed E-state index contributed by atoms with van der Waals surface area (Å²) in [6.07, 6.45) is 3.87. The van der Waals surface area contributed by atoms with Gasteiger partial charge in [-0.25, -0.2) is 15.2 Å². The first-order valence-electron chi connectivity index (χ1n) is 10.9. The predicted octanol–water partition coefficient (Wildman–Crippen LogP) is 3.20. The molecule has 0 radical (unpaired) electrons. The summed E-state index contributed by atoms with van der Waals surface area (Å²) < 4.78 is 15.9. The van der Waals surface area contributed by atoms with Gasteiger partial charge in [0, 0.05) is 30.9 Å². The van der Waals surface area contributed by atoms with E-state index in [0.29, 0.717) is 12.1 Å². The average Bonchev–Trinajstić information content (AvgIpc) is 3.44. The first-order chi connectivity index (χ1) is 14.5. The molecule has 8 heteroatoms. The van der Waals surface area contributed by atoms with E-state index in [1.165, 1.54) is 12.1 Å². The molecule has 2 aliphatic heterocycles. The second-order valence-electron chi connectivity index (χ2n) is 8.28. The third-order valence-electron chi connectivity index (χ3n) is 6.10. The lowest BCUT2D eigenvalue weighted by atomic mass is 10.00. The zero-order chi connectivity index (χ0) is 21.3. The van der Waals surface area contributed by atoms with E-state index < -0.39 is 6.04 Å². The lowest BCUT2D eigenvalue weighted by molar-refractivity contribution is -0.117. The fraction of sp³-hybridized carbons (Fsp3) is 0.545. The van der Waals surface area contributed by atoms with Gasteiger partial charge in [-0.3, -0.25) is 9.48 Å². The van der Waals surface area contributed by atoms with Crippen LogP contribution >= 0.6 is 0 Å². The van der Waals surface area contributed by atoms with Gasteiger partial charge in [0.1, 0.15) is 11.9 Å². The van der Waals surface area contributed by atoms with Crippen molar-refractivity contribution in [3.63, 3.8) is 0 Å². The highest BCUT2D eigenvalue weighted by molar-refractivity contribution is 5.98. The summed E-state index contributed by atoms with van der Waals surface area (Å²) in [6, 6.07) is 4.23. The van der Waals surface area contributed by atoms with Crippen molar-refractivity contribution in [3.05, 3.63) is 41.0 Å². The second-order valence-corrected chi connectivity index (χ2v) is 8.28. The number of aromatic nitrogens is 2. The SMILES string of the molecule is CCCn1nc(C)c(C2CC(C(=O)Nc3cc(F)ccc3N3CCCC3)NN2)c1C. The van der Waals surface area contributed by atoms with Crippen LogP contribution in [0, 0.1) is 19.7 Å². The normalized spacial score (nSPS) is 21.4. The lowest BCUT2D eigenvalue weighted by Gasteiger charge is -2.22. The minimum absolute atomic E-state index is 0.0110. The Morgan fingerprint density at radius 1 is 1.27 bits per heavy atom. The van der Waals surface area contributed by atoms with Crippen LogP contribution in [-0.4, -0.2) is 34.8 Å². The van der Waals surface area contributed by atoms with Crippen molar-refractivity contribution in [1.29, 1.82) is 0 Å². The van der Waals surface area contributed by atoms with Crippen LogP contribution in [0.15, 0.2) is 18.2 Å². The fourth-order valence-electron chi connectivity index (χ4n) is 4.62. The topological polar surface area (TPSA) is 74.2 Å². The highest BCUT2D eigenvalue weighted by atomic mass is 19.1. The van der Waals surface area contributed by atoms with Crippen LogP contribution < -0.4 is 21.1 Å². The monoisotopic (exact) mass is 414 g/mol. The van der Waals surface area contributed by atoms with Crippen molar-refractivity contribution in [2.24, 2.45) is 0 Å². The Labute approximate surface area is 177 Å². The first-order valence-corrected chi connectivity index (χ1v) is 10.9. The number of hydrazine groups is 1. The molecule has 3 N–H and O–H groups in total. The van der Waals surface area contributed by atoms with Gasteiger partial charge in [-0.05, 0) is 57.7 Å². The molecular weight excluding hydrogens is 383 g/mol. The Kier molecular flexibility index (Phi) is 6.06. The first kappa shape index (κ1) is 20.8. The van der Waals surface area contributed by atoms with Crippen LogP contribution in [0.1, 0.15) is 55.6 Å². The van der Waals surface area contributed by atoms with Gasteiger partial charge < -0.3 is 10.2 Å².